The molecule has 2 radical (unpaired) electrons. The van der Waals surface area contributed by atoms with E-state index >= 15 is 0 Å². The Morgan fingerprint density at radius 2 is 0.556 bits per heavy atom. The summed E-state index contributed by atoms with van der Waals surface area (Å²) in [4.78, 5) is 41.4. The molecular formula is C66H94F40O18Y2-2. The summed E-state index contributed by atoms with van der Waals surface area (Å²) in [5.74, 6) is -62.8. The van der Waals surface area contributed by atoms with Gasteiger partial charge in [0.2, 0.25) is 0 Å². The van der Waals surface area contributed by atoms with Crippen molar-refractivity contribution in [2.75, 3.05) is 0 Å². The van der Waals surface area contributed by atoms with Crippen LogP contribution in [0.3, 0.4) is 0 Å². The van der Waals surface area contributed by atoms with E-state index in [1.165, 1.54) is 55.4 Å². The Bertz CT molecular complexity index is 3550. The van der Waals surface area contributed by atoms with Crippen LogP contribution < -0.4 is 0 Å². The average Bonchev–Trinajstić information content (AvgIpc) is 0.897. The maximum atomic E-state index is 14.3. The van der Waals surface area contributed by atoms with Gasteiger partial charge in [-0.05, 0) is 111 Å². The summed E-state index contributed by atoms with van der Waals surface area (Å²) in [6.07, 6.45) is -51.7. The minimum absolute atomic E-state index is 0. The molecule has 0 aromatic heterocycles. The Morgan fingerprint density at radius 1 is 0.317 bits per heavy atom. The summed E-state index contributed by atoms with van der Waals surface area (Å²) in [7, 11) is 0. The molecule has 0 amide bonds. The van der Waals surface area contributed by atoms with Gasteiger partial charge in [0.15, 0.2) is 23.1 Å². The van der Waals surface area contributed by atoms with E-state index in [1.54, 1.807) is 0 Å². The standard InChI is InChI=1S/2C12H19F5O2.2C9H13F5O3.2C9H13F5O2.C3H2F5O2.C3F5O.H2O.2Y/c1-7(2)8(3,4)10(13,14)11(18,12(15,16)17)19-9(7,5)6;1-8(2,10(5,6)19)9(3,4)11(13,14)7(18)12(15,16)17;1-5(2)7(10,11)8(15,9(12,13)14)17-6(3,4)16-5;1-6(2,17-7(3,4)16)8(10,11)5(15)9(12,13)14;1-5(2)6(3,4)16-8(15,7(5,10)11)9(12,13)14;1-6(2,7(3,4)16)8(10,11)5(15)9(12,13)14;4-1(5)2(9,10)3(6,7)8;4-2(5)1(9)3(6,7)8;;;/h18H,1-6H3;19H,1-6H3;15H,1-4H3;16H,1-4H3;15H,1-4H3;16H,1-4H3;9-10H;;1H2;;/q;;;;;;2*-1;;;. The van der Waals surface area contributed by atoms with Crippen molar-refractivity contribution < 1.29 is 330 Å². The summed E-state index contributed by atoms with van der Waals surface area (Å²) in [5.41, 5.74) is -24.7. The molecule has 3 aliphatic rings. The van der Waals surface area contributed by atoms with Gasteiger partial charge >= 0.3 is 120 Å². The average molecular weight is 2110 g/mol. The Morgan fingerprint density at radius 3 is 0.738 bits per heavy atom. The first-order chi connectivity index (χ1) is 51.5. The molecule has 3 rings (SSSR count). The van der Waals surface area contributed by atoms with Gasteiger partial charge in [0.05, 0.1) is 39.7 Å². The van der Waals surface area contributed by atoms with Crippen LogP contribution >= 0.6 is 0 Å². The van der Waals surface area contributed by atoms with Crippen LogP contribution in [0.1, 0.15) is 194 Å². The summed E-state index contributed by atoms with van der Waals surface area (Å²) in [6, 6.07) is 0. The molecule has 60 heteroatoms. The van der Waals surface area contributed by atoms with Gasteiger partial charge in [-0.3, -0.25) is 14.4 Å². The number of rotatable bonds is 13. The van der Waals surface area contributed by atoms with Gasteiger partial charge in [-0.25, -0.2) is 0 Å². The zero-order chi connectivity index (χ0) is 103. The number of hydrogen-bond donors (Lipinski definition) is 8. The monoisotopic (exact) mass is 2110 g/mol. The molecule has 3 unspecified atom stereocenters. The van der Waals surface area contributed by atoms with Crippen LogP contribution in [0, 0.1) is 45.3 Å². The van der Waals surface area contributed by atoms with Crippen molar-refractivity contribution in [2.45, 2.75) is 347 Å². The van der Waals surface area contributed by atoms with Gasteiger partial charge in [-0.1, -0.05) is 83.1 Å². The summed E-state index contributed by atoms with van der Waals surface area (Å²) >= 11 is 0. The predicted octanol–water partition coefficient (Wildman–Crippen LogP) is 18.7. The number of alkyl halides is 36. The summed E-state index contributed by atoms with van der Waals surface area (Å²) < 4.78 is 518. The van der Waals surface area contributed by atoms with E-state index in [0.29, 0.717) is 27.7 Å². The van der Waals surface area contributed by atoms with E-state index in [0.717, 1.165) is 111 Å². The topological polar surface area (TPSA) is 308 Å². The fraction of sp³-hybridized carbons (Fsp3) is 0.909. The molecule has 3 heterocycles. The second-order valence-corrected chi connectivity index (χ2v) is 34.1. The number of aliphatic hydroxyl groups is 8. The summed E-state index contributed by atoms with van der Waals surface area (Å²) in [5, 5.41) is 71.5. The third kappa shape index (κ3) is 28.1. The van der Waals surface area contributed by atoms with Crippen LogP contribution in [0.5, 0.6) is 0 Å². The van der Waals surface area contributed by atoms with E-state index < -0.39 is 222 Å². The molecule has 0 bridgehead atoms. The number of ether oxygens (including phenoxy) is 5. The van der Waals surface area contributed by atoms with E-state index in [1.807, 2.05) is 0 Å². The van der Waals surface area contributed by atoms with Crippen LogP contribution in [-0.4, -0.2) is 223 Å². The Balaban J connectivity index is -0.000000212. The van der Waals surface area contributed by atoms with Crippen molar-refractivity contribution in [3.8, 4) is 0 Å². The third-order valence-corrected chi connectivity index (χ3v) is 21.2. The van der Waals surface area contributed by atoms with Gasteiger partial charge in [0.25, 0.3) is 0 Å². The van der Waals surface area contributed by atoms with Crippen molar-refractivity contribution in [3.05, 3.63) is 12.9 Å². The van der Waals surface area contributed by atoms with Gasteiger partial charge in [0, 0.05) is 93.5 Å². The quantitative estimate of drug-likeness (QED) is 0.0483. The number of carbonyl (C=O) groups excluding carboxylic acids is 4. The molecule has 0 aliphatic carbocycles. The predicted molar refractivity (Wildman–Crippen MR) is 342 cm³/mol. The SMILES string of the molecule is CC(C)(O)C(C)(C)C(C)(C)C(F)(F)C(=O)C(F)(F)F.CC(C)(O)C(C)(C)C(F)(F)C(=O)C(F)(F)F.CC(C)(O)OC(C)(C)C(F)(F)C(=O)C(F)(F)F.CC1(C)OC(C)(C)C(F)(F)C(O)(C(F)(F)F)O1.CC1(C)OC(O)(C(F)(F)F)C(F)(F)C(C)(C)C1(C)C.CC1(C)OC(O)(C(F)(F)F)C(F)(F)C1(C)C.O.O=C([C-](F)F)C(F)(F)F.OC(O)([C-](F)F)C(F)(F)F.[Y].[Y]. The molecule has 10 N–H and O–H groups in total. The summed E-state index contributed by atoms with van der Waals surface area (Å²) in [6.45, 7) is 27.8. The number of carbonyl (C=O) groups is 4. The fourth-order valence-corrected chi connectivity index (χ4v) is 9.55. The second kappa shape index (κ2) is 40.0. The molecule has 3 saturated heterocycles. The molecular weight excluding hydrogens is 2020 g/mol. The van der Waals surface area contributed by atoms with Crippen molar-refractivity contribution in [2.24, 2.45) is 32.5 Å². The van der Waals surface area contributed by atoms with Crippen molar-refractivity contribution in [1.29, 1.82) is 0 Å². The number of Topliss-reactive ketones (excluding diaryl/α,β-unsaturated/α-hetero) is 4. The minimum atomic E-state index is -5.76. The molecule has 126 heavy (non-hydrogen) atoms. The first-order valence-electron chi connectivity index (χ1n) is 33.2. The molecule has 3 aliphatic heterocycles. The molecule has 18 nitrogen and oxygen atoms in total. The molecule has 3 atom stereocenters. The second-order valence-electron chi connectivity index (χ2n) is 34.1. The Hall–Kier alpha value is -2.60. The first-order valence-corrected chi connectivity index (χ1v) is 33.2. The number of ketones is 4. The van der Waals surface area contributed by atoms with Crippen LogP contribution in [0.25, 0.3) is 0 Å². The zero-order valence-corrected chi connectivity index (χ0v) is 76.7. The smallest absolute Gasteiger partial charge is 0.415 e. The van der Waals surface area contributed by atoms with Gasteiger partial charge in [-0.15, -0.1) is 0 Å². The minimum Gasteiger partial charge on any atom is -0.415 e. The van der Waals surface area contributed by atoms with Gasteiger partial charge in [0.1, 0.15) is 11.2 Å². The van der Waals surface area contributed by atoms with Crippen LogP contribution in [0.4, 0.5) is 176 Å². The van der Waals surface area contributed by atoms with E-state index in [4.69, 9.17) is 25.2 Å². The van der Waals surface area contributed by atoms with E-state index in [9.17, 15) is 215 Å². The van der Waals surface area contributed by atoms with Crippen LogP contribution in [-0.2, 0) is 108 Å². The normalized spacial score (nSPS) is 23.1. The maximum absolute atomic E-state index is 14.3. The Kier molecular flexibility index (Phi) is 44.1. The molecule has 0 aromatic carbocycles. The number of hydrogen-bond acceptors (Lipinski definition) is 17. The number of halogens is 40. The van der Waals surface area contributed by atoms with Crippen molar-refractivity contribution in [3.63, 3.8) is 0 Å². The molecule has 3 fully saturated rings. The Labute approximate surface area is 742 Å². The third-order valence-electron chi connectivity index (χ3n) is 21.2. The molecule has 754 valence electrons. The van der Waals surface area contributed by atoms with E-state index in [2.05, 4.69) is 18.9 Å². The van der Waals surface area contributed by atoms with Gasteiger partial charge < -0.3 is 92.4 Å². The van der Waals surface area contributed by atoms with Gasteiger partial charge in [-0.2, -0.15) is 158 Å². The molecule has 0 aromatic rings. The largest absolute Gasteiger partial charge is 0.456 e. The zero-order valence-electron chi connectivity index (χ0n) is 71.0. The van der Waals surface area contributed by atoms with Crippen LogP contribution in [0.2, 0.25) is 0 Å². The van der Waals surface area contributed by atoms with Crippen LogP contribution in [0.15, 0.2) is 0 Å². The molecule has 0 spiro atoms. The van der Waals surface area contributed by atoms with E-state index in [-0.39, 0.29) is 70.9 Å². The van der Waals surface area contributed by atoms with Crippen molar-refractivity contribution in [1.82, 2.24) is 0 Å². The first kappa shape index (κ1) is 139. The fourth-order valence-electron chi connectivity index (χ4n) is 9.55. The van der Waals surface area contributed by atoms with Crippen molar-refractivity contribution >= 4 is 23.1 Å². The molecule has 0 saturated carbocycles. The maximum Gasteiger partial charge on any atom is 0.456 e.